The van der Waals surface area contributed by atoms with Crippen LogP contribution in [0.4, 0.5) is 17.3 Å². The summed E-state index contributed by atoms with van der Waals surface area (Å²) in [5.74, 6) is 1.28. The molecule has 0 bridgehead atoms. The number of para-hydroxylation sites is 1. The summed E-state index contributed by atoms with van der Waals surface area (Å²) >= 11 is 0. The number of methoxy groups -OCH3 is 1. The highest BCUT2D eigenvalue weighted by molar-refractivity contribution is 5.67. The van der Waals surface area contributed by atoms with Crippen molar-refractivity contribution in [2.24, 2.45) is 0 Å². The van der Waals surface area contributed by atoms with Crippen LogP contribution >= 0.6 is 0 Å². The number of hydrogen-bond donors (Lipinski definition) is 2. The fourth-order valence-electron chi connectivity index (χ4n) is 1.93. The smallest absolute Gasteiger partial charge is 0.151 e. The third kappa shape index (κ3) is 3.94. The number of pyridine rings is 1. The van der Waals surface area contributed by atoms with E-state index in [9.17, 15) is 5.26 Å². The zero-order valence-corrected chi connectivity index (χ0v) is 12.2. The summed E-state index contributed by atoms with van der Waals surface area (Å²) in [6.45, 7) is 3.17. The molecule has 1 aromatic heterocycles. The molecule has 1 heterocycles. The van der Waals surface area contributed by atoms with Gasteiger partial charge >= 0.3 is 0 Å². The molecule has 0 aliphatic rings. The van der Waals surface area contributed by atoms with Crippen molar-refractivity contribution in [1.82, 2.24) is 4.98 Å². The highest BCUT2D eigenvalue weighted by atomic mass is 16.5. The maximum Gasteiger partial charge on any atom is 0.151 e. The topological polar surface area (TPSA) is 70.0 Å². The van der Waals surface area contributed by atoms with Gasteiger partial charge in [0.1, 0.15) is 11.9 Å². The van der Waals surface area contributed by atoms with Crippen molar-refractivity contribution in [1.29, 1.82) is 5.26 Å². The summed E-state index contributed by atoms with van der Waals surface area (Å²) in [4.78, 5) is 4.47. The Bertz CT molecular complexity index is 635. The minimum absolute atomic E-state index is 0.552. The van der Waals surface area contributed by atoms with E-state index in [0.29, 0.717) is 24.5 Å². The van der Waals surface area contributed by atoms with Crippen LogP contribution in [0.15, 0.2) is 36.4 Å². The maximum absolute atomic E-state index is 9.31. The van der Waals surface area contributed by atoms with E-state index in [4.69, 9.17) is 4.74 Å². The van der Waals surface area contributed by atoms with Crippen LogP contribution in [0.5, 0.6) is 0 Å². The monoisotopic (exact) mass is 282 g/mol. The van der Waals surface area contributed by atoms with E-state index in [-0.39, 0.29) is 0 Å². The molecule has 5 nitrogen and oxygen atoms in total. The Kier molecular flexibility index (Phi) is 5.13. The van der Waals surface area contributed by atoms with Crippen molar-refractivity contribution in [2.45, 2.75) is 6.92 Å². The molecule has 0 saturated carbocycles. The van der Waals surface area contributed by atoms with Crippen LogP contribution in [-0.2, 0) is 4.74 Å². The Labute approximate surface area is 124 Å². The number of nitriles is 1. The molecule has 2 rings (SSSR count). The van der Waals surface area contributed by atoms with Gasteiger partial charge in [-0.15, -0.1) is 0 Å². The second kappa shape index (κ2) is 7.27. The van der Waals surface area contributed by atoms with Crippen LogP contribution in [0.25, 0.3) is 0 Å². The number of anilines is 3. The number of ether oxygens (including phenoxy) is 1. The van der Waals surface area contributed by atoms with Gasteiger partial charge in [-0.2, -0.15) is 5.26 Å². The van der Waals surface area contributed by atoms with Gasteiger partial charge in [0.15, 0.2) is 5.82 Å². The van der Waals surface area contributed by atoms with Gasteiger partial charge < -0.3 is 15.4 Å². The van der Waals surface area contributed by atoms with E-state index < -0.39 is 0 Å². The molecule has 108 valence electrons. The number of rotatable bonds is 6. The summed E-state index contributed by atoms with van der Waals surface area (Å²) in [5, 5.41) is 15.7. The van der Waals surface area contributed by atoms with E-state index in [1.807, 2.05) is 43.3 Å². The van der Waals surface area contributed by atoms with Gasteiger partial charge in [-0.05, 0) is 30.7 Å². The molecule has 0 radical (unpaired) electrons. The molecule has 5 heteroatoms. The molecule has 0 spiro atoms. The van der Waals surface area contributed by atoms with Gasteiger partial charge in [-0.3, -0.25) is 0 Å². The quantitative estimate of drug-likeness (QED) is 0.797. The van der Waals surface area contributed by atoms with Gasteiger partial charge in [-0.25, -0.2) is 4.98 Å². The molecule has 0 aliphatic heterocycles. The molecule has 0 atom stereocenters. The standard InChI is InChI=1S/C16H18N4O/c1-12-10-15(18-8-9-21-2)20-16(14(12)11-17)19-13-6-4-3-5-7-13/h3-7,10H,8-9H2,1-2H3,(H2,18,19,20). The second-order valence-electron chi connectivity index (χ2n) is 4.57. The highest BCUT2D eigenvalue weighted by Crippen LogP contribution is 2.23. The van der Waals surface area contributed by atoms with E-state index in [0.717, 1.165) is 17.1 Å². The van der Waals surface area contributed by atoms with Crippen molar-refractivity contribution in [3.05, 3.63) is 47.5 Å². The molecule has 0 fully saturated rings. The van der Waals surface area contributed by atoms with Crippen LogP contribution in [0, 0.1) is 18.3 Å². The van der Waals surface area contributed by atoms with Gasteiger partial charge in [0.05, 0.1) is 12.2 Å². The van der Waals surface area contributed by atoms with Crippen LogP contribution < -0.4 is 10.6 Å². The van der Waals surface area contributed by atoms with Crippen molar-refractivity contribution in [3.63, 3.8) is 0 Å². The Morgan fingerprint density at radius 3 is 2.71 bits per heavy atom. The fourth-order valence-corrected chi connectivity index (χ4v) is 1.93. The van der Waals surface area contributed by atoms with Gasteiger partial charge in [0, 0.05) is 19.3 Å². The third-order valence-electron chi connectivity index (χ3n) is 2.98. The number of benzene rings is 1. The molecule has 2 aromatic rings. The second-order valence-corrected chi connectivity index (χ2v) is 4.57. The predicted octanol–water partition coefficient (Wildman–Crippen LogP) is 3.06. The van der Waals surface area contributed by atoms with Crippen LogP contribution in [0.2, 0.25) is 0 Å². The largest absolute Gasteiger partial charge is 0.383 e. The lowest BCUT2D eigenvalue weighted by atomic mass is 10.1. The van der Waals surface area contributed by atoms with E-state index in [1.165, 1.54) is 0 Å². The summed E-state index contributed by atoms with van der Waals surface area (Å²) in [5.41, 5.74) is 2.33. The first-order valence-corrected chi connectivity index (χ1v) is 6.71. The molecule has 1 aromatic carbocycles. The molecule has 0 unspecified atom stereocenters. The van der Waals surface area contributed by atoms with Gasteiger partial charge in [-0.1, -0.05) is 18.2 Å². The zero-order chi connectivity index (χ0) is 15.1. The lowest BCUT2D eigenvalue weighted by molar-refractivity contribution is 0.210. The van der Waals surface area contributed by atoms with Crippen LogP contribution in [0.1, 0.15) is 11.1 Å². The normalized spacial score (nSPS) is 9.95. The third-order valence-corrected chi connectivity index (χ3v) is 2.98. The van der Waals surface area contributed by atoms with Gasteiger partial charge in [0.2, 0.25) is 0 Å². The van der Waals surface area contributed by atoms with Crippen molar-refractivity contribution in [3.8, 4) is 6.07 Å². The summed E-state index contributed by atoms with van der Waals surface area (Å²) in [6.07, 6.45) is 0. The summed E-state index contributed by atoms with van der Waals surface area (Å²) in [7, 11) is 1.65. The maximum atomic E-state index is 9.31. The number of hydrogen-bond acceptors (Lipinski definition) is 5. The molecule has 2 N–H and O–H groups in total. The molecule has 0 amide bonds. The Hall–Kier alpha value is -2.58. The van der Waals surface area contributed by atoms with E-state index in [2.05, 4.69) is 21.7 Å². The molecule has 21 heavy (non-hydrogen) atoms. The van der Waals surface area contributed by atoms with Gasteiger partial charge in [0.25, 0.3) is 0 Å². The Morgan fingerprint density at radius 1 is 1.29 bits per heavy atom. The zero-order valence-electron chi connectivity index (χ0n) is 12.2. The average molecular weight is 282 g/mol. The van der Waals surface area contributed by atoms with Crippen molar-refractivity contribution < 1.29 is 4.74 Å². The van der Waals surface area contributed by atoms with Crippen LogP contribution in [-0.4, -0.2) is 25.2 Å². The van der Waals surface area contributed by atoms with E-state index >= 15 is 0 Å². The summed E-state index contributed by atoms with van der Waals surface area (Å²) in [6, 6.07) is 13.7. The Balaban J connectivity index is 2.27. The number of nitrogens with zero attached hydrogens (tertiary/aromatic N) is 2. The molecular weight excluding hydrogens is 264 g/mol. The molecule has 0 saturated heterocycles. The summed E-state index contributed by atoms with van der Waals surface area (Å²) < 4.78 is 5.01. The predicted molar refractivity (Wildman–Crippen MR) is 83.8 cm³/mol. The lowest BCUT2D eigenvalue weighted by Crippen LogP contribution is -2.10. The number of aryl methyl sites for hydroxylation is 1. The fraction of sp³-hybridized carbons (Fsp3) is 0.250. The van der Waals surface area contributed by atoms with Crippen molar-refractivity contribution in [2.75, 3.05) is 30.9 Å². The average Bonchev–Trinajstić information content (AvgIpc) is 2.48. The minimum atomic E-state index is 0.552. The van der Waals surface area contributed by atoms with Crippen LogP contribution in [0.3, 0.4) is 0 Å². The minimum Gasteiger partial charge on any atom is -0.383 e. The first kappa shape index (κ1) is 14.8. The lowest BCUT2D eigenvalue weighted by Gasteiger charge is -2.12. The first-order chi connectivity index (χ1) is 10.2. The molecular formula is C16H18N4O. The van der Waals surface area contributed by atoms with Crippen molar-refractivity contribution >= 4 is 17.3 Å². The Morgan fingerprint density at radius 2 is 2.05 bits per heavy atom. The highest BCUT2D eigenvalue weighted by Gasteiger charge is 2.10. The first-order valence-electron chi connectivity index (χ1n) is 6.71. The number of aromatic nitrogens is 1. The molecule has 0 aliphatic carbocycles. The SMILES string of the molecule is COCCNc1cc(C)c(C#N)c(Nc2ccccc2)n1. The van der Waals surface area contributed by atoms with E-state index in [1.54, 1.807) is 7.11 Å². The number of nitrogens with one attached hydrogen (secondary N) is 2.